The summed E-state index contributed by atoms with van der Waals surface area (Å²) in [5, 5.41) is 2.94. The monoisotopic (exact) mass is 213 g/mol. The summed E-state index contributed by atoms with van der Waals surface area (Å²) in [5.74, 6) is 0. The largest absolute Gasteiger partial charge is 0.522 e. The molecule has 0 saturated carbocycles. The first-order chi connectivity index (χ1) is 6.58. The topological polar surface area (TPSA) is 30.5 Å². The van der Waals surface area contributed by atoms with Crippen LogP contribution < -0.4 is 5.32 Å². The van der Waals surface area contributed by atoms with Crippen LogP contribution in [0.15, 0.2) is 0 Å². The average Bonchev–Trinajstić information content (AvgIpc) is 2.13. The highest BCUT2D eigenvalue weighted by molar-refractivity contribution is 4.69. The lowest BCUT2D eigenvalue weighted by molar-refractivity contribution is -0.323. The van der Waals surface area contributed by atoms with E-state index in [0.717, 1.165) is 19.4 Å². The third-order valence-corrected chi connectivity index (χ3v) is 1.96. The molecule has 0 spiro atoms. The minimum Gasteiger partial charge on any atom is -0.380 e. The van der Waals surface area contributed by atoms with Crippen LogP contribution in [0, 0.1) is 0 Å². The van der Waals surface area contributed by atoms with Gasteiger partial charge in [-0.2, -0.15) is 0 Å². The fourth-order valence-corrected chi connectivity index (χ4v) is 1.33. The van der Waals surface area contributed by atoms with Gasteiger partial charge in [0.25, 0.3) is 0 Å². The number of halogens is 3. The first-order valence-corrected chi connectivity index (χ1v) is 4.60. The predicted molar refractivity (Wildman–Crippen MR) is 43.9 cm³/mol. The molecule has 0 aliphatic carbocycles. The minimum atomic E-state index is -4.52. The van der Waals surface area contributed by atoms with Gasteiger partial charge in [-0.05, 0) is 12.8 Å². The van der Waals surface area contributed by atoms with Gasteiger partial charge in [-0.1, -0.05) is 0 Å². The van der Waals surface area contributed by atoms with Crippen molar-refractivity contribution < 1.29 is 22.6 Å². The zero-order chi connectivity index (χ0) is 10.4. The van der Waals surface area contributed by atoms with E-state index in [1.807, 2.05) is 0 Å². The Morgan fingerprint density at radius 2 is 2.21 bits per heavy atom. The van der Waals surface area contributed by atoms with E-state index in [-0.39, 0.29) is 19.2 Å². The van der Waals surface area contributed by atoms with Crippen LogP contribution in [-0.4, -0.2) is 38.8 Å². The van der Waals surface area contributed by atoms with Crippen molar-refractivity contribution in [1.29, 1.82) is 0 Å². The quantitative estimate of drug-likeness (QED) is 0.714. The fraction of sp³-hybridized carbons (Fsp3) is 1.00. The second-order valence-electron chi connectivity index (χ2n) is 3.16. The summed E-state index contributed by atoms with van der Waals surface area (Å²) in [6.45, 7) is 1.18. The Morgan fingerprint density at radius 1 is 1.43 bits per heavy atom. The van der Waals surface area contributed by atoms with Gasteiger partial charge in [0.1, 0.15) is 0 Å². The van der Waals surface area contributed by atoms with Crippen LogP contribution in [0.25, 0.3) is 0 Å². The summed E-state index contributed by atoms with van der Waals surface area (Å²) in [6, 6.07) is 0.167. The van der Waals surface area contributed by atoms with Crippen molar-refractivity contribution in [3.8, 4) is 0 Å². The number of ether oxygens (including phenoxy) is 2. The summed E-state index contributed by atoms with van der Waals surface area (Å²) in [4.78, 5) is 0. The lowest BCUT2D eigenvalue weighted by Gasteiger charge is -2.23. The maximum Gasteiger partial charge on any atom is 0.522 e. The van der Waals surface area contributed by atoms with Crippen molar-refractivity contribution in [2.45, 2.75) is 25.2 Å². The van der Waals surface area contributed by atoms with Crippen molar-refractivity contribution in [3.05, 3.63) is 0 Å². The van der Waals surface area contributed by atoms with Crippen molar-refractivity contribution >= 4 is 0 Å². The summed E-state index contributed by atoms with van der Waals surface area (Å²) in [7, 11) is 0. The molecule has 1 aliphatic rings. The van der Waals surface area contributed by atoms with Gasteiger partial charge in [0, 0.05) is 19.2 Å². The van der Waals surface area contributed by atoms with E-state index < -0.39 is 6.36 Å². The summed E-state index contributed by atoms with van der Waals surface area (Å²) < 4.78 is 43.4. The lowest BCUT2D eigenvalue weighted by Crippen LogP contribution is -2.39. The molecule has 1 heterocycles. The Balaban J connectivity index is 1.97. The highest BCUT2D eigenvalue weighted by Gasteiger charge is 2.28. The zero-order valence-electron chi connectivity index (χ0n) is 7.77. The Kier molecular flexibility index (Phi) is 4.64. The van der Waals surface area contributed by atoms with E-state index in [4.69, 9.17) is 4.74 Å². The molecule has 1 unspecified atom stereocenters. The molecule has 1 rings (SSSR count). The van der Waals surface area contributed by atoms with Crippen LogP contribution in [0.5, 0.6) is 0 Å². The van der Waals surface area contributed by atoms with Gasteiger partial charge >= 0.3 is 6.36 Å². The van der Waals surface area contributed by atoms with Crippen molar-refractivity contribution in [2.75, 3.05) is 26.4 Å². The van der Waals surface area contributed by atoms with E-state index in [0.29, 0.717) is 6.61 Å². The molecule has 1 N–H and O–H groups in total. The maximum atomic E-state index is 11.5. The maximum absolute atomic E-state index is 11.5. The van der Waals surface area contributed by atoms with Gasteiger partial charge in [-0.25, -0.2) is 0 Å². The van der Waals surface area contributed by atoms with Gasteiger partial charge in [0.05, 0.1) is 13.2 Å². The first-order valence-electron chi connectivity index (χ1n) is 4.60. The normalized spacial score (nSPS) is 23.8. The molecule has 0 aromatic carbocycles. The Bertz CT molecular complexity index is 157. The van der Waals surface area contributed by atoms with Gasteiger partial charge in [-0.15, -0.1) is 13.2 Å². The first kappa shape index (κ1) is 11.7. The third kappa shape index (κ3) is 5.41. The molecular formula is C8H14F3NO2. The molecule has 1 fully saturated rings. The van der Waals surface area contributed by atoms with Gasteiger partial charge < -0.3 is 10.1 Å². The standard InChI is InChI=1S/C8H14F3NO2/c9-8(10,11)14-5-3-12-7-2-1-4-13-6-7/h7,12H,1-6H2. The van der Waals surface area contributed by atoms with Crippen LogP contribution >= 0.6 is 0 Å². The Morgan fingerprint density at radius 3 is 2.79 bits per heavy atom. The van der Waals surface area contributed by atoms with Crippen molar-refractivity contribution in [2.24, 2.45) is 0 Å². The molecule has 0 bridgehead atoms. The molecule has 3 nitrogen and oxygen atoms in total. The Labute approximate surface area is 80.6 Å². The average molecular weight is 213 g/mol. The van der Waals surface area contributed by atoms with E-state index in [1.165, 1.54) is 0 Å². The minimum absolute atomic E-state index is 0.167. The molecule has 84 valence electrons. The fourth-order valence-electron chi connectivity index (χ4n) is 1.33. The highest BCUT2D eigenvalue weighted by atomic mass is 19.4. The van der Waals surface area contributed by atoms with Crippen molar-refractivity contribution in [1.82, 2.24) is 5.32 Å². The number of nitrogens with one attached hydrogen (secondary N) is 1. The van der Waals surface area contributed by atoms with Gasteiger partial charge in [-0.3, -0.25) is 4.74 Å². The number of alkyl halides is 3. The molecule has 14 heavy (non-hydrogen) atoms. The molecule has 1 saturated heterocycles. The van der Waals surface area contributed by atoms with Crippen molar-refractivity contribution in [3.63, 3.8) is 0 Å². The van der Waals surface area contributed by atoms with Crippen LogP contribution in [-0.2, 0) is 9.47 Å². The van der Waals surface area contributed by atoms with Crippen LogP contribution in [0.4, 0.5) is 13.2 Å². The molecule has 0 aromatic rings. The number of hydrogen-bond acceptors (Lipinski definition) is 3. The van der Waals surface area contributed by atoms with Crippen LogP contribution in [0.3, 0.4) is 0 Å². The van der Waals surface area contributed by atoms with Gasteiger partial charge in [0.15, 0.2) is 0 Å². The zero-order valence-corrected chi connectivity index (χ0v) is 7.77. The molecule has 6 heteroatoms. The van der Waals surface area contributed by atoms with E-state index in [9.17, 15) is 13.2 Å². The second-order valence-corrected chi connectivity index (χ2v) is 3.16. The second kappa shape index (κ2) is 5.53. The summed E-state index contributed by atoms with van der Waals surface area (Å²) in [6.07, 6.45) is -2.62. The highest BCUT2D eigenvalue weighted by Crippen LogP contribution is 2.15. The molecule has 1 aliphatic heterocycles. The SMILES string of the molecule is FC(F)(F)OCCNC1CCCOC1. The molecule has 0 amide bonds. The van der Waals surface area contributed by atoms with E-state index >= 15 is 0 Å². The lowest BCUT2D eigenvalue weighted by atomic mass is 10.1. The number of hydrogen-bond donors (Lipinski definition) is 1. The summed E-state index contributed by atoms with van der Waals surface area (Å²) in [5.41, 5.74) is 0. The summed E-state index contributed by atoms with van der Waals surface area (Å²) >= 11 is 0. The predicted octanol–water partition coefficient (Wildman–Crippen LogP) is 1.29. The molecular weight excluding hydrogens is 199 g/mol. The molecule has 1 atom stereocenters. The Hall–Kier alpha value is -0.330. The van der Waals surface area contributed by atoms with E-state index in [2.05, 4.69) is 10.1 Å². The van der Waals surface area contributed by atoms with Crippen LogP contribution in [0.1, 0.15) is 12.8 Å². The smallest absolute Gasteiger partial charge is 0.380 e. The van der Waals surface area contributed by atoms with E-state index in [1.54, 1.807) is 0 Å². The molecule has 0 aromatic heterocycles. The third-order valence-electron chi connectivity index (χ3n) is 1.96. The molecule has 0 radical (unpaired) electrons. The van der Waals surface area contributed by atoms with Gasteiger partial charge in [0.2, 0.25) is 0 Å². The van der Waals surface area contributed by atoms with Crippen LogP contribution in [0.2, 0.25) is 0 Å². The number of rotatable bonds is 4.